The average molecular weight is 264 g/mol. The maximum absolute atomic E-state index is 11.6. The molecule has 0 aliphatic carbocycles. The molecule has 2 N–H and O–H groups in total. The van der Waals surface area contributed by atoms with Crippen LogP contribution in [0.1, 0.15) is 6.92 Å². The molecule has 0 spiro atoms. The highest BCUT2D eigenvalue weighted by Gasteiger charge is 2.38. The number of aliphatic hydroxyl groups excluding tert-OH is 2. The minimum atomic E-state index is -1.41. The molecule has 7 nitrogen and oxygen atoms in total. The Labute approximate surface area is 106 Å². The quantitative estimate of drug-likeness (QED) is 0.491. The highest BCUT2D eigenvalue weighted by Crippen LogP contribution is 2.13. The molecule has 0 aliphatic heterocycles. The summed E-state index contributed by atoms with van der Waals surface area (Å²) in [5.41, 5.74) is 0. The monoisotopic (exact) mass is 264 g/mol. The van der Waals surface area contributed by atoms with Crippen LogP contribution in [0.3, 0.4) is 0 Å². The third-order valence-corrected chi connectivity index (χ3v) is 2.50. The summed E-state index contributed by atoms with van der Waals surface area (Å²) in [5, 5.41) is 19.4. The largest absolute Gasteiger partial charge is 0.388 e. The van der Waals surface area contributed by atoms with E-state index in [-0.39, 0.29) is 6.61 Å². The lowest BCUT2D eigenvalue weighted by molar-refractivity contribution is -0.162. The first-order valence-corrected chi connectivity index (χ1v) is 5.36. The molecule has 0 heterocycles. The predicted molar refractivity (Wildman–Crippen MR) is 61.2 cm³/mol. The molecule has 0 saturated heterocycles. The molecule has 0 aliphatic rings. The van der Waals surface area contributed by atoms with Gasteiger partial charge in [0.25, 0.3) is 0 Å². The zero-order valence-electron chi connectivity index (χ0n) is 11.0. The summed E-state index contributed by atoms with van der Waals surface area (Å²) in [5.74, 6) is -1.54. The van der Waals surface area contributed by atoms with Crippen molar-refractivity contribution >= 4 is 11.6 Å². The summed E-state index contributed by atoms with van der Waals surface area (Å²) in [4.78, 5) is 22.6. The number of aliphatic hydroxyl groups is 2. The maximum Gasteiger partial charge on any atom is 0.229 e. The van der Waals surface area contributed by atoms with E-state index in [1.54, 1.807) is 0 Å². The standard InChI is InChI=1S/C11H20O7/c1-6(12)8(14)10(17-3)11(18-4)9(15)7(13)5-16-2/h7,9-11,13,15H,5H2,1-4H3/t7-,9-,10+,11+/m1/s1. The lowest BCUT2D eigenvalue weighted by atomic mass is 9.98. The number of carbonyl (C=O) groups excluding carboxylic acids is 2. The van der Waals surface area contributed by atoms with E-state index in [4.69, 9.17) is 9.47 Å². The van der Waals surface area contributed by atoms with Crippen LogP contribution in [0.5, 0.6) is 0 Å². The average Bonchev–Trinajstić information content (AvgIpc) is 2.34. The maximum atomic E-state index is 11.6. The Morgan fingerprint density at radius 2 is 1.67 bits per heavy atom. The number of carbonyl (C=O) groups is 2. The van der Waals surface area contributed by atoms with E-state index in [0.717, 1.165) is 6.92 Å². The van der Waals surface area contributed by atoms with Gasteiger partial charge in [0, 0.05) is 28.3 Å². The summed E-state index contributed by atoms with van der Waals surface area (Å²) in [6, 6.07) is 0. The molecule has 0 radical (unpaired) electrons. The van der Waals surface area contributed by atoms with Gasteiger partial charge in [-0.05, 0) is 0 Å². The highest BCUT2D eigenvalue weighted by atomic mass is 16.5. The van der Waals surface area contributed by atoms with Crippen LogP contribution < -0.4 is 0 Å². The van der Waals surface area contributed by atoms with Crippen molar-refractivity contribution in [2.24, 2.45) is 0 Å². The third-order valence-electron chi connectivity index (χ3n) is 2.50. The van der Waals surface area contributed by atoms with Crippen molar-refractivity contribution in [1.29, 1.82) is 0 Å². The van der Waals surface area contributed by atoms with Crippen molar-refractivity contribution in [2.45, 2.75) is 31.3 Å². The van der Waals surface area contributed by atoms with E-state index in [9.17, 15) is 19.8 Å². The summed E-state index contributed by atoms with van der Waals surface area (Å²) >= 11 is 0. The fourth-order valence-electron chi connectivity index (χ4n) is 1.52. The Morgan fingerprint density at radius 3 is 2.00 bits per heavy atom. The lowest BCUT2D eigenvalue weighted by Crippen LogP contribution is -2.51. The molecule has 4 atom stereocenters. The second-order valence-electron chi connectivity index (χ2n) is 3.79. The normalized spacial score (nSPS) is 17.9. The van der Waals surface area contributed by atoms with Crippen molar-refractivity contribution in [3.8, 4) is 0 Å². The minimum absolute atomic E-state index is 0.133. The summed E-state index contributed by atoms with van der Waals surface area (Å²) in [6.45, 7) is 0.963. The Kier molecular flexibility index (Phi) is 7.88. The van der Waals surface area contributed by atoms with E-state index in [2.05, 4.69) is 4.74 Å². The third kappa shape index (κ3) is 4.43. The molecule has 0 saturated carbocycles. The molecule has 18 heavy (non-hydrogen) atoms. The van der Waals surface area contributed by atoms with Crippen molar-refractivity contribution in [3.05, 3.63) is 0 Å². The van der Waals surface area contributed by atoms with Crippen LogP contribution in [-0.2, 0) is 23.8 Å². The van der Waals surface area contributed by atoms with Crippen molar-refractivity contribution in [1.82, 2.24) is 0 Å². The number of rotatable bonds is 9. The fraction of sp³-hybridized carbons (Fsp3) is 0.818. The van der Waals surface area contributed by atoms with E-state index in [1.807, 2.05) is 0 Å². The summed E-state index contributed by atoms with van der Waals surface area (Å²) < 4.78 is 14.5. The summed E-state index contributed by atoms with van der Waals surface area (Å²) in [7, 11) is 3.81. The fourth-order valence-corrected chi connectivity index (χ4v) is 1.52. The highest BCUT2D eigenvalue weighted by molar-refractivity contribution is 6.38. The molecular formula is C11H20O7. The van der Waals surface area contributed by atoms with Crippen LogP contribution in [0.2, 0.25) is 0 Å². The molecule has 106 valence electrons. The molecule has 0 amide bonds. The Bertz CT molecular complexity index is 279. The topological polar surface area (TPSA) is 102 Å². The smallest absolute Gasteiger partial charge is 0.229 e. The minimum Gasteiger partial charge on any atom is -0.388 e. The number of ketones is 2. The van der Waals surface area contributed by atoms with Crippen molar-refractivity contribution in [3.63, 3.8) is 0 Å². The molecule has 0 aromatic rings. The summed E-state index contributed by atoms with van der Waals surface area (Å²) in [6.07, 6.45) is -5.09. The number of hydrogen-bond acceptors (Lipinski definition) is 7. The SMILES string of the molecule is COC[C@@H](O)[C@@H](O)[C@H](OC)[C@@H](OC)C(=O)C(C)=O. The number of Topliss-reactive ketones (excluding diaryl/α,β-unsaturated/α-hetero) is 2. The van der Waals surface area contributed by atoms with Gasteiger partial charge in [-0.2, -0.15) is 0 Å². The van der Waals surface area contributed by atoms with Gasteiger partial charge in [-0.15, -0.1) is 0 Å². The second kappa shape index (κ2) is 8.28. The molecule has 0 bridgehead atoms. The first-order chi connectivity index (χ1) is 8.40. The lowest BCUT2D eigenvalue weighted by Gasteiger charge is -2.29. The van der Waals surface area contributed by atoms with Gasteiger partial charge in [0.2, 0.25) is 5.78 Å². The van der Waals surface area contributed by atoms with Gasteiger partial charge in [0.05, 0.1) is 6.61 Å². The van der Waals surface area contributed by atoms with E-state index < -0.39 is 36.0 Å². The van der Waals surface area contributed by atoms with Gasteiger partial charge in [0.1, 0.15) is 18.3 Å². The van der Waals surface area contributed by atoms with Gasteiger partial charge >= 0.3 is 0 Å². The molecule has 0 aromatic heterocycles. The first-order valence-electron chi connectivity index (χ1n) is 5.36. The van der Waals surface area contributed by atoms with E-state index in [0.29, 0.717) is 0 Å². The molecule has 0 rings (SSSR count). The van der Waals surface area contributed by atoms with Crippen LogP contribution in [0.25, 0.3) is 0 Å². The van der Waals surface area contributed by atoms with Gasteiger partial charge < -0.3 is 24.4 Å². The predicted octanol–water partition coefficient (Wildman–Crippen LogP) is -1.46. The van der Waals surface area contributed by atoms with Gasteiger partial charge in [-0.3, -0.25) is 9.59 Å². The number of ether oxygens (including phenoxy) is 3. The Hall–Kier alpha value is -0.860. The van der Waals surface area contributed by atoms with Crippen LogP contribution >= 0.6 is 0 Å². The zero-order chi connectivity index (χ0) is 14.3. The van der Waals surface area contributed by atoms with Crippen LogP contribution in [-0.4, -0.2) is 74.1 Å². The van der Waals surface area contributed by atoms with Crippen molar-refractivity contribution in [2.75, 3.05) is 27.9 Å². The molecular weight excluding hydrogens is 244 g/mol. The molecule has 7 heteroatoms. The second-order valence-corrected chi connectivity index (χ2v) is 3.79. The number of hydrogen-bond donors (Lipinski definition) is 2. The van der Waals surface area contributed by atoms with Crippen LogP contribution in [0, 0.1) is 0 Å². The molecule has 0 unspecified atom stereocenters. The Balaban J connectivity index is 4.91. The van der Waals surface area contributed by atoms with E-state index >= 15 is 0 Å². The van der Waals surface area contributed by atoms with Gasteiger partial charge in [-0.25, -0.2) is 0 Å². The Morgan fingerprint density at radius 1 is 1.11 bits per heavy atom. The van der Waals surface area contributed by atoms with Crippen molar-refractivity contribution < 1.29 is 34.0 Å². The number of methoxy groups -OCH3 is 3. The van der Waals surface area contributed by atoms with Crippen LogP contribution in [0.15, 0.2) is 0 Å². The molecule has 0 aromatic carbocycles. The molecule has 0 fully saturated rings. The first kappa shape index (κ1) is 17.1. The van der Waals surface area contributed by atoms with Gasteiger partial charge in [-0.1, -0.05) is 0 Å². The van der Waals surface area contributed by atoms with Gasteiger partial charge in [0.15, 0.2) is 11.9 Å². The zero-order valence-corrected chi connectivity index (χ0v) is 11.0. The van der Waals surface area contributed by atoms with E-state index in [1.165, 1.54) is 21.3 Å². The van der Waals surface area contributed by atoms with Crippen LogP contribution in [0.4, 0.5) is 0 Å².